The largest absolute Gasteiger partial charge is 0.493 e. The van der Waals surface area contributed by atoms with Crippen molar-refractivity contribution in [3.05, 3.63) is 28.8 Å². The van der Waals surface area contributed by atoms with Gasteiger partial charge >= 0.3 is 0 Å². The zero-order valence-corrected chi connectivity index (χ0v) is 10.8. The third-order valence-electron chi connectivity index (χ3n) is 2.93. The van der Waals surface area contributed by atoms with Crippen LogP contribution < -0.4 is 10.1 Å². The summed E-state index contributed by atoms with van der Waals surface area (Å²) in [5.41, 5.74) is 3.71. The smallest absolute Gasteiger partial charge is 0.125 e. The molecule has 1 N–H and O–H groups in total. The summed E-state index contributed by atoms with van der Waals surface area (Å²) in [4.78, 5) is 4.35. The van der Waals surface area contributed by atoms with Crippen molar-refractivity contribution < 1.29 is 4.74 Å². The van der Waals surface area contributed by atoms with E-state index in [0.717, 1.165) is 31.1 Å². The van der Waals surface area contributed by atoms with Crippen molar-refractivity contribution in [2.24, 2.45) is 4.99 Å². The molecule has 1 aromatic rings. The van der Waals surface area contributed by atoms with E-state index >= 15 is 0 Å². The van der Waals surface area contributed by atoms with Crippen molar-refractivity contribution in [3.63, 3.8) is 0 Å². The Morgan fingerprint density at radius 1 is 1.24 bits per heavy atom. The minimum atomic E-state index is 0.691. The van der Waals surface area contributed by atoms with E-state index in [1.165, 1.54) is 16.7 Å². The van der Waals surface area contributed by atoms with Crippen LogP contribution in [0.1, 0.15) is 23.1 Å². The first kappa shape index (κ1) is 12.0. The molecule has 3 nitrogen and oxygen atoms in total. The SMILES string of the molecule is Cc1cc(C)c(OCCC2=NCCN2)c(C)c1. The van der Waals surface area contributed by atoms with Crippen molar-refractivity contribution in [2.45, 2.75) is 27.2 Å². The van der Waals surface area contributed by atoms with Crippen molar-refractivity contribution in [3.8, 4) is 5.75 Å². The molecular formula is C14H20N2O. The summed E-state index contributed by atoms with van der Waals surface area (Å²) < 4.78 is 5.86. The first-order valence-electron chi connectivity index (χ1n) is 6.14. The fourth-order valence-electron chi connectivity index (χ4n) is 2.26. The molecule has 0 unspecified atom stereocenters. The van der Waals surface area contributed by atoms with Crippen LogP contribution in [0.3, 0.4) is 0 Å². The summed E-state index contributed by atoms with van der Waals surface area (Å²) in [7, 11) is 0. The van der Waals surface area contributed by atoms with E-state index in [4.69, 9.17) is 4.74 Å². The third-order valence-corrected chi connectivity index (χ3v) is 2.93. The normalized spacial score (nSPS) is 14.4. The van der Waals surface area contributed by atoms with E-state index in [0.29, 0.717) is 6.61 Å². The number of aryl methyl sites for hydroxylation is 3. The van der Waals surface area contributed by atoms with E-state index in [1.54, 1.807) is 0 Å². The summed E-state index contributed by atoms with van der Waals surface area (Å²) in [6.45, 7) is 8.87. The summed E-state index contributed by atoms with van der Waals surface area (Å²) in [6, 6.07) is 4.32. The van der Waals surface area contributed by atoms with Crippen LogP contribution in [0.5, 0.6) is 5.75 Å². The lowest BCUT2D eigenvalue weighted by Crippen LogP contribution is -2.20. The van der Waals surface area contributed by atoms with Crippen LogP contribution in [0.4, 0.5) is 0 Å². The standard InChI is InChI=1S/C14H20N2O/c1-10-8-11(2)14(12(3)9-10)17-7-4-13-15-5-6-16-13/h8-9H,4-7H2,1-3H3,(H,15,16). The van der Waals surface area contributed by atoms with Gasteiger partial charge in [0.25, 0.3) is 0 Å². The maximum Gasteiger partial charge on any atom is 0.125 e. The molecule has 1 aromatic carbocycles. The van der Waals surface area contributed by atoms with Gasteiger partial charge in [-0.1, -0.05) is 17.7 Å². The molecule has 0 aliphatic carbocycles. The van der Waals surface area contributed by atoms with Crippen LogP contribution in [0.25, 0.3) is 0 Å². The van der Waals surface area contributed by atoms with Gasteiger partial charge in [0.05, 0.1) is 19.0 Å². The zero-order chi connectivity index (χ0) is 12.3. The Morgan fingerprint density at radius 3 is 2.53 bits per heavy atom. The number of ether oxygens (including phenoxy) is 1. The van der Waals surface area contributed by atoms with Crippen molar-refractivity contribution in [1.82, 2.24) is 5.32 Å². The second-order valence-electron chi connectivity index (χ2n) is 4.58. The first-order chi connectivity index (χ1) is 8.16. The molecule has 0 fully saturated rings. The molecule has 1 aliphatic rings. The van der Waals surface area contributed by atoms with Crippen LogP contribution in [0.15, 0.2) is 17.1 Å². The van der Waals surface area contributed by atoms with Gasteiger partial charge in [0.2, 0.25) is 0 Å². The molecule has 2 rings (SSSR count). The molecule has 0 saturated heterocycles. The maximum atomic E-state index is 5.86. The van der Waals surface area contributed by atoms with E-state index in [-0.39, 0.29) is 0 Å². The van der Waals surface area contributed by atoms with E-state index < -0.39 is 0 Å². The highest BCUT2D eigenvalue weighted by Gasteiger charge is 2.07. The van der Waals surface area contributed by atoms with Gasteiger partial charge < -0.3 is 10.1 Å². The minimum Gasteiger partial charge on any atom is -0.493 e. The molecule has 17 heavy (non-hydrogen) atoms. The molecule has 0 saturated carbocycles. The van der Waals surface area contributed by atoms with Crippen LogP contribution in [-0.4, -0.2) is 25.5 Å². The van der Waals surface area contributed by atoms with Crippen LogP contribution >= 0.6 is 0 Å². The number of benzene rings is 1. The van der Waals surface area contributed by atoms with E-state index in [9.17, 15) is 0 Å². The molecule has 0 amide bonds. The Morgan fingerprint density at radius 2 is 1.94 bits per heavy atom. The highest BCUT2D eigenvalue weighted by molar-refractivity contribution is 5.83. The average Bonchev–Trinajstić information content (AvgIpc) is 2.74. The summed E-state index contributed by atoms with van der Waals surface area (Å²) >= 11 is 0. The number of hydrogen-bond donors (Lipinski definition) is 1. The Kier molecular flexibility index (Phi) is 3.67. The molecule has 3 heteroatoms. The van der Waals surface area contributed by atoms with Gasteiger partial charge in [-0.05, 0) is 31.9 Å². The van der Waals surface area contributed by atoms with Gasteiger partial charge in [-0.3, -0.25) is 4.99 Å². The van der Waals surface area contributed by atoms with Gasteiger partial charge in [0.1, 0.15) is 5.75 Å². The van der Waals surface area contributed by atoms with Crippen LogP contribution in [-0.2, 0) is 0 Å². The van der Waals surface area contributed by atoms with Gasteiger partial charge in [-0.15, -0.1) is 0 Å². The van der Waals surface area contributed by atoms with Gasteiger partial charge in [-0.25, -0.2) is 0 Å². The molecule has 0 spiro atoms. The van der Waals surface area contributed by atoms with Gasteiger partial charge in [0.15, 0.2) is 0 Å². The van der Waals surface area contributed by atoms with E-state index in [1.807, 2.05) is 0 Å². The Hall–Kier alpha value is -1.51. The van der Waals surface area contributed by atoms with Gasteiger partial charge in [0, 0.05) is 13.0 Å². The average molecular weight is 232 g/mol. The Bertz CT molecular complexity index is 415. The molecular weight excluding hydrogens is 212 g/mol. The molecule has 0 aromatic heterocycles. The second-order valence-corrected chi connectivity index (χ2v) is 4.58. The molecule has 92 valence electrons. The molecule has 1 heterocycles. The zero-order valence-electron chi connectivity index (χ0n) is 10.8. The molecule has 0 radical (unpaired) electrons. The highest BCUT2D eigenvalue weighted by atomic mass is 16.5. The lowest BCUT2D eigenvalue weighted by Gasteiger charge is -2.13. The fraction of sp³-hybridized carbons (Fsp3) is 0.500. The number of nitrogens with zero attached hydrogens (tertiary/aromatic N) is 1. The van der Waals surface area contributed by atoms with E-state index in [2.05, 4.69) is 43.2 Å². The number of nitrogens with one attached hydrogen (secondary N) is 1. The fourth-order valence-corrected chi connectivity index (χ4v) is 2.26. The summed E-state index contributed by atoms with van der Waals surface area (Å²) in [6.07, 6.45) is 0.868. The van der Waals surface area contributed by atoms with Gasteiger partial charge in [-0.2, -0.15) is 0 Å². The van der Waals surface area contributed by atoms with Crippen molar-refractivity contribution in [1.29, 1.82) is 0 Å². The van der Waals surface area contributed by atoms with Crippen LogP contribution in [0, 0.1) is 20.8 Å². The number of hydrogen-bond acceptors (Lipinski definition) is 3. The molecule has 1 aliphatic heterocycles. The molecule has 0 bridgehead atoms. The lowest BCUT2D eigenvalue weighted by atomic mass is 10.1. The van der Waals surface area contributed by atoms with Crippen molar-refractivity contribution >= 4 is 5.84 Å². The predicted octanol–water partition coefficient (Wildman–Crippen LogP) is 2.38. The topological polar surface area (TPSA) is 33.6 Å². The number of aliphatic imine (C=N–C) groups is 1. The summed E-state index contributed by atoms with van der Waals surface area (Å²) in [5.74, 6) is 2.10. The second kappa shape index (κ2) is 5.21. The minimum absolute atomic E-state index is 0.691. The summed E-state index contributed by atoms with van der Waals surface area (Å²) in [5, 5.41) is 3.25. The number of rotatable bonds is 4. The molecule has 0 atom stereocenters. The van der Waals surface area contributed by atoms with Crippen LogP contribution in [0.2, 0.25) is 0 Å². The quantitative estimate of drug-likeness (QED) is 0.864. The number of amidine groups is 1. The predicted molar refractivity (Wildman–Crippen MR) is 71.1 cm³/mol. The highest BCUT2D eigenvalue weighted by Crippen LogP contribution is 2.24. The van der Waals surface area contributed by atoms with Crippen molar-refractivity contribution in [2.75, 3.05) is 19.7 Å². The Labute approximate surface area is 103 Å². The maximum absolute atomic E-state index is 5.86. The monoisotopic (exact) mass is 232 g/mol. The first-order valence-corrected chi connectivity index (χ1v) is 6.14. The Balaban J connectivity index is 1.94. The third kappa shape index (κ3) is 2.99. The lowest BCUT2D eigenvalue weighted by molar-refractivity contribution is 0.324.